The number of carbonyl (C=O) groups is 3. The molecule has 2 heterocycles. The Hall–Kier alpha value is -4.87. The van der Waals surface area contributed by atoms with Gasteiger partial charge in [-0.3, -0.25) is 9.59 Å². The smallest absolute Gasteiger partial charge is 0.316 e. The molecule has 0 radical (unpaired) electrons. The average molecular weight is 626 g/mol. The number of anilines is 1. The van der Waals surface area contributed by atoms with Gasteiger partial charge in [0.15, 0.2) is 0 Å². The number of hydrogen-bond donors (Lipinski definition) is 5. The predicted molar refractivity (Wildman–Crippen MR) is 178 cm³/mol. The van der Waals surface area contributed by atoms with Gasteiger partial charge in [-0.15, -0.1) is 6.58 Å². The molecule has 5 N–H and O–H groups in total. The highest BCUT2D eigenvalue weighted by Gasteiger charge is 2.43. The highest BCUT2D eigenvalue weighted by molar-refractivity contribution is 5.91. The number of urea groups is 1. The lowest BCUT2D eigenvalue weighted by Crippen LogP contribution is -2.69. The van der Waals surface area contributed by atoms with E-state index in [1.807, 2.05) is 48.5 Å². The Morgan fingerprint density at radius 2 is 1.67 bits per heavy atom. The normalized spacial score (nSPS) is 18.3. The molecule has 11 nitrogen and oxygen atoms in total. The summed E-state index contributed by atoms with van der Waals surface area (Å²) in [5.74, 6) is -0.405. The molecule has 2 atom stereocenters. The van der Waals surface area contributed by atoms with Gasteiger partial charge in [0.2, 0.25) is 11.8 Å². The Bertz CT molecular complexity index is 1480. The highest BCUT2D eigenvalue weighted by Crippen LogP contribution is 2.27. The summed E-state index contributed by atoms with van der Waals surface area (Å²) < 4.78 is 0. The number of nitrogens with one attached hydrogen (secondary N) is 4. The van der Waals surface area contributed by atoms with Crippen LogP contribution in [-0.2, 0) is 29.1 Å². The monoisotopic (exact) mass is 625 g/mol. The van der Waals surface area contributed by atoms with Gasteiger partial charge in [0.25, 0.3) is 0 Å². The van der Waals surface area contributed by atoms with Crippen molar-refractivity contribution in [1.29, 1.82) is 0 Å². The molecule has 46 heavy (non-hydrogen) atoms. The molecular formula is C35H43N7O4. The van der Waals surface area contributed by atoms with Crippen molar-refractivity contribution in [3.8, 4) is 5.75 Å². The van der Waals surface area contributed by atoms with Crippen LogP contribution in [0.5, 0.6) is 5.75 Å². The molecule has 3 aromatic rings. The van der Waals surface area contributed by atoms with E-state index >= 15 is 0 Å². The molecule has 3 aromatic carbocycles. The minimum atomic E-state index is -0.887. The van der Waals surface area contributed by atoms with Gasteiger partial charge in [0, 0.05) is 57.9 Å². The van der Waals surface area contributed by atoms with Gasteiger partial charge in [-0.25, -0.2) is 4.79 Å². The van der Waals surface area contributed by atoms with E-state index in [1.54, 1.807) is 35.2 Å². The lowest BCUT2D eigenvalue weighted by Gasteiger charge is -2.46. The highest BCUT2D eigenvalue weighted by atomic mass is 16.3. The quantitative estimate of drug-likeness (QED) is 0.154. The maximum Gasteiger partial charge on any atom is 0.316 e. The summed E-state index contributed by atoms with van der Waals surface area (Å²) in [6.45, 7) is 8.34. The number of nitrogens with zero attached hydrogens (tertiary/aromatic N) is 3. The summed E-state index contributed by atoms with van der Waals surface area (Å²) in [6.07, 6.45) is 1.08. The maximum atomic E-state index is 14.4. The van der Waals surface area contributed by atoms with E-state index in [1.165, 1.54) is 4.90 Å². The fourth-order valence-corrected chi connectivity index (χ4v) is 6.00. The summed E-state index contributed by atoms with van der Waals surface area (Å²) in [7, 11) is 0. The molecule has 0 spiro atoms. The third kappa shape index (κ3) is 8.43. The molecule has 0 saturated carbocycles. The van der Waals surface area contributed by atoms with E-state index in [2.05, 4.69) is 38.8 Å². The first-order valence-electron chi connectivity index (χ1n) is 15.7. The van der Waals surface area contributed by atoms with Gasteiger partial charge in [-0.1, -0.05) is 66.7 Å². The van der Waals surface area contributed by atoms with Crippen LogP contribution in [0.25, 0.3) is 0 Å². The van der Waals surface area contributed by atoms with E-state index in [-0.39, 0.29) is 37.1 Å². The second-order valence-corrected chi connectivity index (χ2v) is 11.5. The van der Waals surface area contributed by atoms with Crippen LogP contribution in [0.2, 0.25) is 0 Å². The first-order chi connectivity index (χ1) is 22.4. The number of para-hydroxylation sites is 1. The van der Waals surface area contributed by atoms with Crippen molar-refractivity contribution in [2.75, 3.05) is 50.7 Å². The van der Waals surface area contributed by atoms with Crippen LogP contribution in [0.4, 0.5) is 10.5 Å². The molecule has 2 fully saturated rings. The average Bonchev–Trinajstić information content (AvgIpc) is 3.08. The third-order valence-electron chi connectivity index (χ3n) is 8.28. The Kier molecular flexibility index (Phi) is 11.3. The summed E-state index contributed by atoms with van der Waals surface area (Å²) in [6, 6.07) is 22.9. The van der Waals surface area contributed by atoms with Crippen LogP contribution in [0.3, 0.4) is 0 Å². The minimum Gasteiger partial charge on any atom is -0.508 e. The molecule has 242 valence electrons. The first kappa shape index (κ1) is 32.5. The van der Waals surface area contributed by atoms with Crippen LogP contribution >= 0.6 is 0 Å². The van der Waals surface area contributed by atoms with Crippen LogP contribution < -0.4 is 26.2 Å². The number of hydrogen-bond acceptors (Lipinski definition) is 7. The van der Waals surface area contributed by atoms with Gasteiger partial charge in [0.1, 0.15) is 18.0 Å². The number of aromatic hydroxyl groups is 1. The molecule has 0 aromatic heterocycles. The summed E-state index contributed by atoms with van der Waals surface area (Å²) >= 11 is 0. The topological polar surface area (TPSA) is 129 Å². The fourth-order valence-electron chi connectivity index (χ4n) is 6.00. The lowest BCUT2D eigenvalue weighted by atomic mass is 9.98. The van der Waals surface area contributed by atoms with E-state index in [4.69, 9.17) is 0 Å². The number of benzene rings is 3. The standard InChI is InChI=1S/C35H43N7O4/c1-2-16-37-23-33(44)42-31(21-26-12-14-29(43)15-13-26)34(45)41(24-28-10-6-7-11-30(28)40-19-17-36-18-20-40)25-32(42)39-35(46)38-22-27-8-4-3-5-9-27/h2-15,31-32,36-37,43H,1,16-25H2,(H2,38,39,46). The van der Waals surface area contributed by atoms with Crippen molar-refractivity contribution < 1.29 is 19.5 Å². The number of phenolic OH excluding ortho intramolecular Hbond substituents is 1. The number of amides is 4. The van der Waals surface area contributed by atoms with E-state index in [9.17, 15) is 19.5 Å². The maximum absolute atomic E-state index is 14.4. The second-order valence-electron chi connectivity index (χ2n) is 11.5. The Morgan fingerprint density at radius 1 is 0.957 bits per heavy atom. The number of phenols is 1. The van der Waals surface area contributed by atoms with Gasteiger partial charge < -0.3 is 41.1 Å². The molecule has 11 heteroatoms. The van der Waals surface area contributed by atoms with E-state index < -0.39 is 18.2 Å². The zero-order valence-electron chi connectivity index (χ0n) is 26.0. The SMILES string of the molecule is C=CCNCC(=O)N1C(NC(=O)NCc2ccccc2)CN(Cc2ccccc2N2CCNCC2)C(=O)C1Cc1ccc(O)cc1. The molecule has 2 saturated heterocycles. The van der Waals surface area contributed by atoms with Gasteiger partial charge in [0.05, 0.1) is 13.1 Å². The summed E-state index contributed by atoms with van der Waals surface area (Å²) in [5.41, 5.74) is 3.79. The Balaban J connectivity index is 1.44. The summed E-state index contributed by atoms with van der Waals surface area (Å²) in [4.78, 5) is 47.0. The molecule has 2 unspecified atom stereocenters. The zero-order chi connectivity index (χ0) is 32.3. The van der Waals surface area contributed by atoms with Gasteiger partial charge in [-0.2, -0.15) is 0 Å². The van der Waals surface area contributed by atoms with Crippen molar-refractivity contribution in [3.05, 3.63) is 108 Å². The number of piperazine rings is 2. The number of rotatable bonds is 12. The molecule has 2 aliphatic heterocycles. The van der Waals surface area contributed by atoms with Crippen molar-refractivity contribution in [2.24, 2.45) is 0 Å². The van der Waals surface area contributed by atoms with Crippen molar-refractivity contribution >= 4 is 23.5 Å². The summed E-state index contributed by atoms with van der Waals surface area (Å²) in [5, 5.41) is 22.2. The van der Waals surface area contributed by atoms with Gasteiger partial charge in [-0.05, 0) is 34.9 Å². The predicted octanol–water partition coefficient (Wildman–Crippen LogP) is 2.19. The van der Waals surface area contributed by atoms with E-state index in [0.29, 0.717) is 19.6 Å². The Labute approximate surface area is 270 Å². The minimum absolute atomic E-state index is 0.0268. The first-order valence-corrected chi connectivity index (χ1v) is 15.7. The second kappa shape index (κ2) is 15.9. The van der Waals surface area contributed by atoms with Crippen LogP contribution in [0.1, 0.15) is 16.7 Å². The molecule has 5 rings (SSSR count). The molecule has 4 amide bonds. The zero-order valence-corrected chi connectivity index (χ0v) is 26.0. The van der Waals surface area contributed by atoms with Gasteiger partial charge >= 0.3 is 6.03 Å². The van der Waals surface area contributed by atoms with E-state index in [0.717, 1.165) is 48.6 Å². The van der Waals surface area contributed by atoms with Crippen LogP contribution in [-0.4, -0.2) is 90.8 Å². The lowest BCUT2D eigenvalue weighted by molar-refractivity contribution is -0.157. The fraction of sp³-hybridized carbons (Fsp3) is 0.343. The van der Waals surface area contributed by atoms with Crippen LogP contribution in [0.15, 0.2) is 91.5 Å². The third-order valence-corrected chi connectivity index (χ3v) is 8.28. The van der Waals surface area contributed by atoms with Crippen molar-refractivity contribution in [3.63, 3.8) is 0 Å². The Morgan fingerprint density at radius 3 is 2.41 bits per heavy atom. The molecule has 0 aliphatic carbocycles. The molecular weight excluding hydrogens is 582 g/mol. The number of carbonyl (C=O) groups excluding carboxylic acids is 3. The molecule has 0 bridgehead atoms. The largest absolute Gasteiger partial charge is 0.508 e. The molecule has 2 aliphatic rings. The van der Waals surface area contributed by atoms with Crippen LogP contribution in [0, 0.1) is 0 Å². The van der Waals surface area contributed by atoms with Crippen molar-refractivity contribution in [2.45, 2.75) is 31.7 Å². The van der Waals surface area contributed by atoms with Crippen molar-refractivity contribution in [1.82, 2.24) is 31.1 Å².